The fourth-order valence-corrected chi connectivity index (χ4v) is 2.30. The minimum absolute atomic E-state index is 0.274. The molecular weight excluding hydrogens is 312 g/mol. The molecule has 0 fully saturated rings. The third-order valence-corrected chi connectivity index (χ3v) is 3.47. The van der Waals surface area contributed by atoms with E-state index in [0.717, 1.165) is 10.0 Å². The summed E-state index contributed by atoms with van der Waals surface area (Å²) in [6.07, 6.45) is 1.60. The van der Waals surface area contributed by atoms with E-state index in [1.807, 2.05) is 24.3 Å². The number of benzene rings is 1. The van der Waals surface area contributed by atoms with Crippen LogP contribution in [0.2, 0.25) is 0 Å². The molecule has 0 amide bonds. The van der Waals surface area contributed by atoms with Crippen LogP contribution in [0.25, 0.3) is 0 Å². The van der Waals surface area contributed by atoms with Crippen molar-refractivity contribution >= 4 is 15.9 Å². The normalized spacial score (nSPS) is 12.2. The van der Waals surface area contributed by atoms with Crippen LogP contribution in [0, 0.1) is 0 Å². The zero-order valence-corrected chi connectivity index (χ0v) is 12.2. The van der Waals surface area contributed by atoms with Gasteiger partial charge in [0.1, 0.15) is 11.8 Å². The minimum Gasteiger partial charge on any atom is -0.493 e. The molecule has 1 aromatic carbocycles. The Labute approximate surface area is 119 Å². The van der Waals surface area contributed by atoms with Crippen molar-refractivity contribution in [2.75, 3.05) is 14.2 Å². The van der Waals surface area contributed by atoms with Crippen molar-refractivity contribution in [2.45, 2.75) is 6.04 Å². The van der Waals surface area contributed by atoms with Crippen LogP contribution >= 0.6 is 15.9 Å². The molecule has 5 nitrogen and oxygen atoms in total. The SMILES string of the molecule is COc1ccc(C(NN)c2occc2Br)cc1OC. The molecule has 1 aromatic heterocycles. The second-order valence-electron chi connectivity index (χ2n) is 3.85. The maximum Gasteiger partial charge on any atom is 0.161 e. The number of furan rings is 1. The zero-order valence-electron chi connectivity index (χ0n) is 10.6. The Balaban J connectivity index is 2.42. The van der Waals surface area contributed by atoms with Gasteiger partial charge >= 0.3 is 0 Å². The van der Waals surface area contributed by atoms with Crippen LogP contribution < -0.4 is 20.7 Å². The number of nitrogens with one attached hydrogen (secondary N) is 1. The highest BCUT2D eigenvalue weighted by atomic mass is 79.9. The highest BCUT2D eigenvalue weighted by Gasteiger charge is 2.20. The lowest BCUT2D eigenvalue weighted by atomic mass is 10.0. The van der Waals surface area contributed by atoms with Crippen LogP contribution in [-0.2, 0) is 0 Å². The molecule has 6 heteroatoms. The molecule has 0 spiro atoms. The zero-order chi connectivity index (χ0) is 13.8. The summed E-state index contributed by atoms with van der Waals surface area (Å²) < 4.78 is 16.8. The summed E-state index contributed by atoms with van der Waals surface area (Å²) in [5.74, 6) is 7.64. The molecule has 0 bridgehead atoms. The highest BCUT2D eigenvalue weighted by Crippen LogP contribution is 2.34. The van der Waals surface area contributed by atoms with Gasteiger partial charge in [0.05, 0.1) is 25.0 Å². The number of hydrazine groups is 1. The summed E-state index contributed by atoms with van der Waals surface area (Å²) in [5, 5.41) is 0. The van der Waals surface area contributed by atoms with Crippen molar-refractivity contribution in [1.82, 2.24) is 5.43 Å². The Morgan fingerprint density at radius 1 is 1.21 bits per heavy atom. The van der Waals surface area contributed by atoms with Gasteiger partial charge in [0.25, 0.3) is 0 Å². The molecule has 1 unspecified atom stereocenters. The van der Waals surface area contributed by atoms with Crippen molar-refractivity contribution in [3.63, 3.8) is 0 Å². The van der Waals surface area contributed by atoms with Gasteiger partial charge in [-0.05, 0) is 39.7 Å². The number of halogens is 1. The van der Waals surface area contributed by atoms with E-state index in [4.69, 9.17) is 19.7 Å². The van der Waals surface area contributed by atoms with E-state index < -0.39 is 0 Å². The molecule has 1 atom stereocenters. The summed E-state index contributed by atoms with van der Waals surface area (Å²) in [4.78, 5) is 0. The molecule has 19 heavy (non-hydrogen) atoms. The molecule has 0 saturated carbocycles. The van der Waals surface area contributed by atoms with E-state index in [1.165, 1.54) is 0 Å². The fraction of sp³-hybridized carbons (Fsp3) is 0.231. The Morgan fingerprint density at radius 2 is 1.95 bits per heavy atom. The maximum atomic E-state index is 5.62. The molecular formula is C13H15BrN2O3. The molecule has 0 aliphatic heterocycles. The first-order valence-electron chi connectivity index (χ1n) is 5.62. The second-order valence-corrected chi connectivity index (χ2v) is 4.70. The van der Waals surface area contributed by atoms with E-state index in [1.54, 1.807) is 20.5 Å². The van der Waals surface area contributed by atoms with E-state index in [0.29, 0.717) is 17.3 Å². The quantitative estimate of drug-likeness (QED) is 0.653. The standard InChI is InChI=1S/C13H15BrN2O3/c1-17-10-4-3-8(7-11(10)18-2)12(16-15)13-9(14)5-6-19-13/h3-7,12,16H,15H2,1-2H3. The molecule has 0 aliphatic rings. The van der Waals surface area contributed by atoms with Gasteiger partial charge in [-0.1, -0.05) is 6.07 Å². The van der Waals surface area contributed by atoms with Gasteiger partial charge in [0, 0.05) is 0 Å². The predicted octanol–water partition coefficient (Wildman–Crippen LogP) is 2.61. The molecule has 0 saturated heterocycles. The lowest BCUT2D eigenvalue weighted by Crippen LogP contribution is -2.28. The van der Waals surface area contributed by atoms with Crippen molar-refractivity contribution in [1.29, 1.82) is 0 Å². The summed E-state index contributed by atoms with van der Waals surface area (Å²) in [5.41, 5.74) is 3.64. The van der Waals surface area contributed by atoms with Crippen LogP contribution in [0.15, 0.2) is 39.4 Å². The Bertz CT molecular complexity index is 557. The number of hydrogen-bond donors (Lipinski definition) is 2. The van der Waals surface area contributed by atoms with Gasteiger partial charge in [-0.25, -0.2) is 5.43 Å². The van der Waals surface area contributed by atoms with Gasteiger partial charge in [-0.15, -0.1) is 0 Å². The summed E-state index contributed by atoms with van der Waals surface area (Å²) in [6, 6.07) is 7.14. The van der Waals surface area contributed by atoms with Crippen LogP contribution in [0.5, 0.6) is 11.5 Å². The molecule has 1 heterocycles. The Hall–Kier alpha value is -1.50. The molecule has 2 rings (SSSR count). The fourth-order valence-electron chi connectivity index (χ4n) is 1.87. The van der Waals surface area contributed by atoms with Crippen LogP contribution in [0.1, 0.15) is 17.4 Å². The molecule has 0 aliphatic carbocycles. The van der Waals surface area contributed by atoms with Gasteiger partial charge in [-0.2, -0.15) is 0 Å². The van der Waals surface area contributed by atoms with E-state index in [9.17, 15) is 0 Å². The number of ether oxygens (including phenoxy) is 2. The Kier molecular flexibility index (Phi) is 4.47. The average Bonchev–Trinajstić information content (AvgIpc) is 2.86. The molecule has 3 N–H and O–H groups in total. The second kappa shape index (κ2) is 6.10. The summed E-state index contributed by atoms with van der Waals surface area (Å²) >= 11 is 3.42. The van der Waals surface area contributed by atoms with E-state index in [2.05, 4.69) is 21.4 Å². The third-order valence-electron chi connectivity index (χ3n) is 2.81. The van der Waals surface area contributed by atoms with Crippen molar-refractivity contribution in [2.24, 2.45) is 5.84 Å². The first kappa shape index (κ1) is 13.9. The van der Waals surface area contributed by atoms with Crippen molar-refractivity contribution < 1.29 is 13.9 Å². The lowest BCUT2D eigenvalue weighted by molar-refractivity contribution is 0.353. The van der Waals surface area contributed by atoms with Crippen molar-refractivity contribution in [3.05, 3.63) is 46.3 Å². The molecule has 2 aromatic rings. The third kappa shape index (κ3) is 2.75. The van der Waals surface area contributed by atoms with Gasteiger partial charge in [-0.3, -0.25) is 5.84 Å². The van der Waals surface area contributed by atoms with Crippen LogP contribution in [-0.4, -0.2) is 14.2 Å². The molecule has 0 radical (unpaired) electrons. The number of rotatable bonds is 5. The van der Waals surface area contributed by atoms with Gasteiger partial charge in [0.15, 0.2) is 11.5 Å². The van der Waals surface area contributed by atoms with Crippen LogP contribution in [0.4, 0.5) is 0 Å². The summed E-state index contributed by atoms with van der Waals surface area (Å²) in [7, 11) is 3.19. The topological polar surface area (TPSA) is 69.7 Å². The Morgan fingerprint density at radius 3 is 2.47 bits per heavy atom. The van der Waals surface area contributed by atoms with E-state index in [-0.39, 0.29) is 6.04 Å². The number of methoxy groups -OCH3 is 2. The number of nitrogens with two attached hydrogens (primary N) is 1. The average molecular weight is 327 g/mol. The van der Waals surface area contributed by atoms with Crippen LogP contribution in [0.3, 0.4) is 0 Å². The van der Waals surface area contributed by atoms with E-state index >= 15 is 0 Å². The largest absolute Gasteiger partial charge is 0.493 e. The smallest absolute Gasteiger partial charge is 0.161 e. The first-order valence-corrected chi connectivity index (χ1v) is 6.41. The highest BCUT2D eigenvalue weighted by molar-refractivity contribution is 9.10. The summed E-state index contributed by atoms with van der Waals surface area (Å²) in [6.45, 7) is 0. The molecule has 102 valence electrons. The maximum absolute atomic E-state index is 5.62. The number of hydrogen-bond acceptors (Lipinski definition) is 5. The van der Waals surface area contributed by atoms with Gasteiger partial charge < -0.3 is 13.9 Å². The first-order chi connectivity index (χ1) is 9.21. The minimum atomic E-state index is -0.274. The monoisotopic (exact) mass is 326 g/mol. The predicted molar refractivity (Wildman–Crippen MR) is 75.1 cm³/mol. The van der Waals surface area contributed by atoms with Crippen molar-refractivity contribution in [3.8, 4) is 11.5 Å². The van der Waals surface area contributed by atoms with Gasteiger partial charge in [0.2, 0.25) is 0 Å². The lowest BCUT2D eigenvalue weighted by Gasteiger charge is -2.16.